The first kappa shape index (κ1) is 24.9. The molecule has 2 heterocycles. The molecule has 1 amide bonds. The maximum atomic E-state index is 12.8. The number of hydrogen-bond donors (Lipinski definition) is 1. The van der Waals surface area contributed by atoms with Gasteiger partial charge in [0.05, 0.1) is 25.0 Å². The minimum absolute atomic E-state index is 0.0996. The zero-order valence-electron chi connectivity index (χ0n) is 20.4. The molecule has 0 aromatic heterocycles. The highest BCUT2D eigenvalue weighted by Crippen LogP contribution is 2.37. The van der Waals surface area contributed by atoms with Gasteiger partial charge in [0.15, 0.2) is 16.7 Å². The Morgan fingerprint density at radius 1 is 1.05 bits per heavy atom. The molecule has 0 spiro atoms. The second kappa shape index (κ2) is 11.1. The average molecular weight is 528 g/mol. The Bertz CT molecular complexity index is 1430. The van der Waals surface area contributed by atoms with Crippen LogP contribution in [0.15, 0.2) is 93.7 Å². The van der Waals surface area contributed by atoms with E-state index in [1.165, 1.54) is 22.2 Å². The second-order valence-electron chi connectivity index (χ2n) is 8.35. The van der Waals surface area contributed by atoms with E-state index in [2.05, 4.69) is 36.2 Å². The molecule has 3 aromatic rings. The molecule has 0 fully saturated rings. The van der Waals surface area contributed by atoms with Crippen molar-refractivity contribution in [2.75, 3.05) is 19.5 Å². The van der Waals surface area contributed by atoms with E-state index in [1.807, 2.05) is 53.9 Å². The molecule has 186 valence electrons. The Morgan fingerprint density at radius 2 is 1.84 bits per heavy atom. The van der Waals surface area contributed by atoms with E-state index in [4.69, 9.17) is 14.9 Å². The van der Waals surface area contributed by atoms with Crippen molar-refractivity contribution in [1.82, 2.24) is 4.90 Å². The molecule has 0 saturated heterocycles. The number of ether oxygens (including phenoxy) is 2. The summed E-state index contributed by atoms with van der Waals surface area (Å²) in [6, 6.07) is 23.7. The number of aryl methyl sites for hydroxylation is 1. The topological polar surface area (TPSA) is 75.0 Å². The Hall–Kier alpha value is -3.75. The number of rotatable bonds is 8. The Labute approximate surface area is 224 Å². The molecule has 8 heteroatoms. The van der Waals surface area contributed by atoms with Crippen LogP contribution in [0, 0.1) is 12.3 Å². The summed E-state index contributed by atoms with van der Waals surface area (Å²) in [6.07, 6.45) is 1.68. The van der Waals surface area contributed by atoms with Crippen LogP contribution in [0.25, 0.3) is 11.8 Å². The number of nitrogens with zero attached hydrogens (tertiary/aromatic N) is 2. The SMILES string of the molecule is COc1cc(/C=C2\C(=N)N3C(c4ccccc4)=CSC3=NC2=O)ccc1OCCSc1ccc(C)cc1. The van der Waals surface area contributed by atoms with Crippen LogP contribution in [-0.2, 0) is 4.79 Å². The monoisotopic (exact) mass is 527 g/mol. The number of nitrogens with one attached hydrogen (secondary N) is 1. The van der Waals surface area contributed by atoms with Gasteiger partial charge >= 0.3 is 0 Å². The zero-order valence-corrected chi connectivity index (χ0v) is 22.1. The van der Waals surface area contributed by atoms with E-state index in [1.54, 1.807) is 29.8 Å². The molecular formula is C29H25N3O3S2. The lowest BCUT2D eigenvalue weighted by Gasteiger charge is -2.27. The van der Waals surface area contributed by atoms with Crippen LogP contribution in [-0.4, -0.2) is 41.3 Å². The molecule has 1 N–H and O–H groups in total. The van der Waals surface area contributed by atoms with Crippen molar-refractivity contribution in [3.63, 3.8) is 0 Å². The third kappa shape index (κ3) is 5.50. The summed E-state index contributed by atoms with van der Waals surface area (Å²) < 4.78 is 11.5. The average Bonchev–Trinajstić information content (AvgIpc) is 3.35. The minimum atomic E-state index is -0.432. The number of thioether (sulfide) groups is 2. The van der Waals surface area contributed by atoms with Gasteiger partial charge in [-0.2, -0.15) is 4.99 Å². The van der Waals surface area contributed by atoms with Crippen LogP contribution < -0.4 is 9.47 Å². The van der Waals surface area contributed by atoms with E-state index < -0.39 is 5.91 Å². The molecule has 0 unspecified atom stereocenters. The molecule has 37 heavy (non-hydrogen) atoms. The number of benzene rings is 3. The minimum Gasteiger partial charge on any atom is -0.493 e. The van der Waals surface area contributed by atoms with Crippen molar-refractivity contribution in [3.05, 3.63) is 100 Å². The van der Waals surface area contributed by atoms with E-state index in [0.29, 0.717) is 23.3 Å². The third-order valence-electron chi connectivity index (χ3n) is 5.81. The van der Waals surface area contributed by atoms with Gasteiger partial charge in [0.25, 0.3) is 5.91 Å². The number of fused-ring (bicyclic) bond motifs is 1. The molecule has 2 aliphatic heterocycles. The summed E-state index contributed by atoms with van der Waals surface area (Å²) in [4.78, 5) is 20.0. The fourth-order valence-corrected chi connectivity index (χ4v) is 5.54. The first-order valence-corrected chi connectivity index (χ1v) is 13.6. The lowest BCUT2D eigenvalue weighted by molar-refractivity contribution is -0.114. The summed E-state index contributed by atoms with van der Waals surface area (Å²) >= 11 is 3.08. The molecule has 5 rings (SSSR count). The molecule has 0 bridgehead atoms. The van der Waals surface area contributed by atoms with Crippen LogP contribution in [0.5, 0.6) is 11.5 Å². The summed E-state index contributed by atoms with van der Waals surface area (Å²) in [7, 11) is 1.59. The number of amidine groups is 2. The first-order valence-electron chi connectivity index (χ1n) is 11.7. The van der Waals surface area contributed by atoms with Crippen molar-refractivity contribution in [1.29, 1.82) is 5.41 Å². The van der Waals surface area contributed by atoms with E-state index in [9.17, 15) is 4.79 Å². The van der Waals surface area contributed by atoms with Crippen molar-refractivity contribution in [2.45, 2.75) is 11.8 Å². The van der Waals surface area contributed by atoms with Gasteiger partial charge in [-0.15, -0.1) is 11.8 Å². The van der Waals surface area contributed by atoms with Gasteiger partial charge in [-0.25, -0.2) is 0 Å². The lowest BCUT2D eigenvalue weighted by atomic mass is 10.1. The summed E-state index contributed by atoms with van der Waals surface area (Å²) in [5, 5.41) is 11.2. The fraction of sp³-hybridized carbons (Fsp3) is 0.138. The quantitative estimate of drug-likeness (QED) is 0.205. The number of methoxy groups -OCH3 is 1. The van der Waals surface area contributed by atoms with Gasteiger partial charge in [0, 0.05) is 16.1 Å². The standard InChI is InChI=1S/C29H25N3O3S2/c1-19-8-11-22(12-9-19)36-15-14-35-25-13-10-20(17-26(25)34-2)16-23-27(30)32-24(21-6-4-3-5-7-21)18-37-29(32)31-28(23)33/h3-13,16-18,30H,14-15H2,1-2H3/b23-16+,30-27?. The summed E-state index contributed by atoms with van der Waals surface area (Å²) in [5.74, 6) is 1.66. The normalized spacial score (nSPS) is 15.9. The molecule has 0 atom stereocenters. The fourth-order valence-electron chi connectivity index (χ4n) is 3.92. The third-order valence-corrected chi connectivity index (χ3v) is 7.62. The molecule has 0 aliphatic carbocycles. The molecule has 3 aromatic carbocycles. The largest absolute Gasteiger partial charge is 0.493 e. The summed E-state index contributed by atoms with van der Waals surface area (Å²) in [6.45, 7) is 2.60. The lowest BCUT2D eigenvalue weighted by Crippen LogP contribution is -2.38. The Balaban J connectivity index is 1.30. The molecule has 0 radical (unpaired) electrons. The molecular weight excluding hydrogens is 502 g/mol. The zero-order chi connectivity index (χ0) is 25.8. The van der Waals surface area contributed by atoms with E-state index >= 15 is 0 Å². The molecule has 0 saturated carbocycles. The summed E-state index contributed by atoms with van der Waals surface area (Å²) in [5.41, 5.74) is 3.98. The molecule has 2 aliphatic rings. The maximum absolute atomic E-state index is 12.8. The number of hydrogen-bond acceptors (Lipinski definition) is 6. The van der Waals surface area contributed by atoms with Gasteiger partial charge in [-0.3, -0.25) is 15.1 Å². The predicted octanol–water partition coefficient (Wildman–Crippen LogP) is 6.48. The Morgan fingerprint density at radius 3 is 2.59 bits per heavy atom. The van der Waals surface area contributed by atoms with Crippen LogP contribution in [0.2, 0.25) is 0 Å². The van der Waals surface area contributed by atoms with Crippen LogP contribution in [0.1, 0.15) is 16.7 Å². The number of amides is 1. The van der Waals surface area contributed by atoms with Gasteiger partial charge in [0.1, 0.15) is 5.84 Å². The van der Waals surface area contributed by atoms with Crippen molar-refractivity contribution < 1.29 is 14.3 Å². The maximum Gasteiger partial charge on any atom is 0.283 e. The van der Waals surface area contributed by atoms with Gasteiger partial charge in [-0.05, 0) is 48.4 Å². The predicted molar refractivity (Wildman–Crippen MR) is 152 cm³/mol. The number of aliphatic imine (C=N–C) groups is 1. The first-order chi connectivity index (χ1) is 18.0. The highest BCUT2D eigenvalue weighted by atomic mass is 32.2. The van der Waals surface area contributed by atoms with Crippen LogP contribution in [0.3, 0.4) is 0 Å². The molecule has 6 nitrogen and oxygen atoms in total. The van der Waals surface area contributed by atoms with Crippen molar-refractivity contribution in [2.24, 2.45) is 4.99 Å². The highest BCUT2D eigenvalue weighted by Gasteiger charge is 2.36. The van der Waals surface area contributed by atoms with Crippen LogP contribution in [0.4, 0.5) is 0 Å². The van der Waals surface area contributed by atoms with Crippen LogP contribution >= 0.6 is 23.5 Å². The van der Waals surface area contributed by atoms with Crippen molar-refractivity contribution in [3.8, 4) is 11.5 Å². The Kier molecular flexibility index (Phi) is 7.48. The van der Waals surface area contributed by atoms with Gasteiger partial charge in [-0.1, -0.05) is 65.9 Å². The number of carbonyl (C=O) groups excluding carboxylic acids is 1. The van der Waals surface area contributed by atoms with Gasteiger partial charge < -0.3 is 9.47 Å². The van der Waals surface area contributed by atoms with Gasteiger partial charge in [0.2, 0.25) is 0 Å². The second-order valence-corrected chi connectivity index (χ2v) is 10.4. The van der Waals surface area contributed by atoms with E-state index in [-0.39, 0.29) is 11.4 Å². The highest BCUT2D eigenvalue weighted by molar-refractivity contribution is 8.17. The smallest absolute Gasteiger partial charge is 0.283 e. The van der Waals surface area contributed by atoms with E-state index in [0.717, 1.165) is 22.6 Å². The van der Waals surface area contributed by atoms with Crippen molar-refractivity contribution >= 4 is 52.2 Å². The number of carbonyl (C=O) groups is 1.